The van der Waals surface area contributed by atoms with Crippen LogP contribution in [-0.2, 0) is 4.74 Å². The van der Waals surface area contributed by atoms with Crippen LogP contribution in [0, 0.1) is 0 Å². The number of phenolic OH excluding ortho intramolecular Hbond substituents is 1. The Morgan fingerprint density at radius 2 is 2.15 bits per heavy atom. The molecule has 1 aromatic carbocycles. The van der Waals surface area contributed by atoms with Crippen molar-refractivity contribution in [1.82, 2.24) is 0 Å². The van der Waals surface area contributed by atoms with E-state index in [0.29, 0.717) is 0 Å². The van der Waals surface area contributed by atoms with Gasteiger partial charge in [-0.3, -0.25) is 0 Å². The predicted molar refractivity (Wildman–Crippen MR) is 81.8 cm³/mol. The van der Waals surface area contributed by atoms with Gasteiger partial charge in [-0.15, -0.1) is 0 Å². The zero-order valence-corrected chi connectivity index (χ0v) is 12.4. The number of carbonyl (C=O) groups is 1. The molecule has 0 bridgehead atoms. The lowest BCUT2D eigenvalue weighted by atomic mass is 10.1. The largest absolute Gasteiger partial charge is 0.507 e. The van der Waals surface area contributed by atoms with Crippen molar-refractivity contribution >= 4 is 12.0 Å². The van der Waals surface area contributed by atoms with Crippen LogP contribution in [0.5, 0.6) is 5.75 Å². The van der Waals surface area contributed by atoms with E-state index in [0.717, 1.165) is 37.7 Å². The van der Waals surface area contributed by atoms with Gasteiger partial charge in [-0.05, 0) is 37.0 Å². The molecule has 0 aliphatic carbocycles. The summed E-state index contributed by atoms with van der Waals surface area (Å²) >= 11 is 0. The molecule has 0 amide bonds. The first-order valence-electron chi connectivity index (χ1n) is 7.28. The molecule has 20 heavy (non-hydrogen) atoms. The fraction of sp³-hybridized carbons (Fsp3) is 0.471. The van der Waals surface area contributed by atoms with E-state index in [1.165, 1.54) is 6.07 Å². The summed E-state index contributed by atoms with van der Waals surface area (Å²) in [7, 11) is 0. The maximum absolute atomic E-state index is 12.1. The summed E-state index contributed by atoms with van der Waals surface area (Å²) in [6.45, 7) is 7.77. The van der Waals surface area contributed by atoms with E-state index in [9.17, 15) is 9.90 Å². The Morgan fingerprint density at radius 3 is 2.70 bits per heavy atom. The molecular weight excluding hydrogens is 252 g/mol. The predicted octanol–water partition coefficient (Wildman–Crippen LogP) is 4.55. The summed E-state index contributed by atoms with van der Waals surface area (Å²) < 4.78 is 5.46. The number of unbranched alkanes of at least 4 members (excludes halogenated alkanes) is 2. The number of aromatic hydroxyl groups is 1. The van der Waals surface area contributed by atoms with Crippen molar-refractivity contribution < 1.29 is 14.6 Å². The Hall–Kier alpha value is -1.77. The summed E-state index contributed by atoms with van der Waals surface area (Å²) in [5, 5.41) is 9.84. The normalized spacial score (nSPS) is 11.9. The van der Waals surface area contributed by atoms with Crippen molar-refractivity contribution in [3.05, 3.63) is 35.9 Å². The van der Waals surface area contributed by atoms with Gasteiger partial charge in [-0.2, -0.15) is 0 Å². The number of benzene rings is 1. The molecule has 1 N–H and O–H groups in total. The summed E-state index contributed by atoms with van der Waals surface area (Å²) in [5.41, 5.74) is 0.985. The molecule has 1 aromatic rings. The lowest BCUT2D eigenvalue weighted by Crippen LogP contribution is -2.17. The lowest BCUT2D eigenvalue weighted by Gasteiger charge is -2.16. The number of hydrogen-bond donors (Lipinski definition) is 1. The van der Waals surface area contributed by atoms with Crippen LogP contribution in [0.25, 0.3) is 6.08 Å². The van der Waals surface area contributed by atoms with E-state index in [1.807, 2.05) is 6.92 Å². The molecule has 0 radical (unpaired) electrons. The molecule has 0 fully saturated rings. The highest BCUT2D eigenvalue weighted by atomic mass is 16.5. The molecule has 1 atom stereocenters. The molecule has 0 saturated carbocycles. The maximum Gasteiger partial charge on any atom is 0.342 e. The Balaban J connectivity index is 2.66. The van der Waals surface area contributed by atoms with Gasteiger partial charge in [0.25, 0.3) is 0 Å². The summed E-state index contributed by atoms with van der Waals surface area (Å²) in [5.74, 6) is -0.516. The van der Waals surface area contributed by atoms with Gasteiger partial charge in [0.2, 0.25) is 0 Å². The molecule has 3 heteroatoms. The first-order chi connectivity index (χ1) is 9.62. The number of carbonyl (C=O) groups excluding carboxylic acids is 1. The third-order valence-corrected chi connectivity index (χ3v) is 3.34. The summed E-state index contributed by atoms with van der Waals surface area (Å²) in [6, 6.07) is 4.83. The smallest absolute Gasteiger partial charge is 0.342 e. The third-order valence-electron chi connectivity index (χ3n) is 3.34. The highest BCUT2D eigenvalue weighted by molar-refractivity contribution is 5.92. The van der Waals surface area contributed by atoms with Gasteiger partial charge >= 0.3 is 5.97 Å². The molecule has 0 aromatic heterocycles. The Labute approximate surface area is 121 Å². The van der Waals surface area contributed by atoms with Crippen LogP contribution in [0.3, 0.4) is 0 Å². The zero-order valence-electron chi connectivity index (χ0n) is 12.4. The van der Waals surface area contributed by atoms with Gasteiger partial charge in [0.1, 0.15) is 17.4 Å². The highest BCUT2D eigenvalue weighted by Crippen LogP contribution is 2.22. The SMILES string of the molecule is C=Cc1ccc(C(=O)OC(CC)CCCCC)c(O)c1. The van der Waals surface area contributed by atoms with Crippen LogP contribution < -0.4 is 0 Å². The van der Waals surface area contributed by atoms with Gasteiger partial charge in [0.15, 0.2) is 0 Å². The zero-order chi connectivity index (χ0) is 15.0. The van der Waals surface area contributed by atoms with E-state index in [2.05, 4.69) is 13.5 Å². The summed E-state index contributed by atoms with van der Waals surface area (Å²) in [6.07, 6.45) is 6.56. The van der Waals surface area contributed by atoms with Gasteiger partial charge in [0, 0.05) is 0 Å². The number of ether oxygens (including phenoxy) is 1. The number of esters is 1. The second-order valence-electron chi connectivity index (χ2n) is 4.91. The van der Waals surface area contributed by atoms with Crippen LogP contribution in [0.4, 0.5) is 0 Å². The van der Waals surface area contributed by atoms with Gasteiger partial charge in [-0.1, -0.05) is 45.4 Å². The molecular formula is C17H24O3. The number of phenols is 1. The fourth-order valence-corrected chi connectivity index (χ4v) is 2.03. The highest BCUT2D eigenvalue weighted by Gasteiger charge is 2.17. The molecule has 0 aliphatic rings. The maximum atomic E-state index is 12.1. The first-order valence-corrected chi connectivity index (χ1v) is 7.28. The van der Waals surface area contributed by atoms with Crippen molar-refractivity contribution in [3.63, 3.8) is 0 Å². The molecule has 1 rings (SSSR count). The average Bonchev–Trinajstić information content (AvgIpc) is 2.45. The second-order valence-corrected chi connectivity index (χ2v) is 4.91. The second kappa shape index (κ2) is 8.41. The molecule has 1 unspecified atom stereocenters. The minimum atomic E-state index is -0.457. The topological polar surface area (TPSA) is 46.5 Å². The van der Waals surface area contributed by atoms with Crippen LogP contribution in [0.2, 0.25) is 0 Å². The third kappa shape index (κ3) is 4.72. The number of rotatable bonds is 8. The standard InChI is InChI=1S/C17H24O3/c1-4-7-8-9-14(6-3)20-17(19)15-11-10-13(5-2)12-16(15)18/h5,10-12,14,18H,2,4,6-9H2,1,3H3. The van der Waals surface area contributed by atoms with Gasteiger partial charge in [-0.25, -0.2) is 4.79 Å². The minimum absolute atomic E-state index is 0.0594. The van der Waals surface area contributed by atoms with Crippen molar-refractivity contribution in [1.29, 1.82) is 0 Å². The Kier molecular flexibility index (Phi) is 6.85. The molecule has 3 nitrogen and oxygen atoms in total. The monoisotopic (exact) mass is 276 g/mol. The van der Waals surface area contributed by atoms with E-state index in [-0.39, 0.29) is 17.4 Å². The van der Waals surface area contributed by atoms with Crippen LogP contribution in [0.1, 0.15) is 61.9 Å². The van der Waals surface area contributed by atoms with E-state index < -0.39 is 5.97 Å². The van der Waals surface area contributed by atoms with Crippen molar-refractivity contribution in [2.24, 2.45) is 0 Å². The molecule has 110 valence electrons. The average molecular weight is 276 g/mol. The van der Waals surface area contributed by atoms with E-state index >= 15 is 0 Å². The summed E-state index contributed by atoms with van der Waals surface area (Å²) in [4.78, 5) is 12.1. The molecule has 0 aliphatic heterocycles. The molecule has 0 heterocycles. The Morgan fingerprint density at radius 1 is 1.40 bits per heavy atom. The van der Waals surface area contributed by atoms with E-state index in [4.69, 9.17) is 4.74 Å². The van der Waals surface area contributed by atoms with Gasteiger partial charge < -0.3 is 9.84 Å². The fourth-order valence-electron chi connectivity index (χ4n) is 2.03. The van der Waals surface area contributed by atoms with Crippen molar-refractivity contribution in [2.75, 3.05) is 0 Å². The lowest BCUT2D eigenvalue weighted by molar-refractivity contribution is 0.0264. The first kappa shape index (κ1) is 16.3. The molecule has 0 saturated heterocycles. The van der Waals surface area contributed by atoms with Crippen LogP contribution >= 0.6 is 0 Å². The minimum Gasteiger partial charge on any atom is -0.507 e. The van der Waals surface area contributed by atoms with Crippen LogP contribution in [0.15, 0.2) is 24.8 Å². The van der Waals surface area contributed by atoms with Crippen molar-refractivity contribution in [2.45, 2.75) is 52.1 Å². The Bertz CT molecular complexity index is 452. The van der Waals surface area contributed by atoms with Crippen LogP contribution in [-0.4, -0.2) is 17.2 Å². The van der Waals surface area contributed by atoms with Gasteiger partial charge in [0.05, 0.1) is 0 Å². The quantitative estimate of drug-likeness (QED) is 0.559. The van der Waals surface area contributed by atoms with Crippen molar-refractivity contribution in [3.8, 4) is 5.75 Å². The van der Waals surface area contributed by atoms with E-state index in [1.54, 1.807) is 18.2 Å². The molecule has 0 spiro atoms. The number of hydrogen-bond acceptors (Lipinski definition) is 3.